The number of aliphatic imine (C=N–C) groups is 1. The topological polar surface area (TPSA) is 58.5 Å². The average molecular weight is 466 g/mol. The third kappa shape index (κ3) is 8.62. The van der Waals surface area contributed by atoms with Gasteiger partial charge in [-0.2, -0.15) is 0 Å². The van der Waals surface area contributed by atoms with Crippen molar-refractivity contribution in [3.8, 4) is 0 Å². The van der Waals surface area contributed by atoms with Crippen molar-refractivity contribution in [2.75, 3.05) is 26.3 Å². The van der Waals surface area contributed by atoms with Gasteiger partial charge >= 0.3 is 0 Å². The molecule has 1 aromatic rings. The molecular weight excluding hydrogens is 435 g/mol. The first-order valence-electron chi connectivity index (χ1n) is 8.73. The van der Waals surface area contributed by atoms with Crippen LogP contribution < -0.4 is 10.6 Å². The zero-order valence-electron chi connectivity index (χ0n) is 15.0. The fourth-order valence-corrected chi connectivity index (χ4v) is 2.90. The van der Waals surface area contributed by atoms with Gasteiger partial charge in [0.05, 0.1) is 17.2 Å². The van der Waals surface area contributed by atoms with Crippen molar-refractivity contribution < 1.29 is 4.74 Å². The molecule has 0 bridgehead atoms. The quantitative estimate of drug-likeness (QED) is 0.239. The summed E-state index contributed by atoms with van der Waals surface area (Å²) in [5.41, 5.74) is 1.05. The second-order valence-electron chi connectivity index (χ2n) is 6.33. The first-order chi connectivity index (χ1) is 11.2. The number of ether oxygens (including phenoxy) is 1. The highest BCUT2D eigenvalue weighted by Crippen LogP contribution is 2.28. The molecule has 1 saturated carbocycles. The summed E-state index contributed by atoms with van der Waals surface area (Å²) >= 11 is 1.72. The predicted octanol–water partition coefficient (Wildman–Crippen LogP) is 3.76. The van der Waals surface area contributed by atoms with Crippen LogP contribution in [-0.2, 0) is 11.3 Å². The third-order valence-corrected chi connectivity index (χ3v) is 4.81. The van der Waals surface area contributed by atoms with Crippen molar-refractivity contribution in [1.82, 2.24) is 15.6 Å². The highest BCUT2D eigenvalue weighted by molar-refractivity contribution is 14.0. The largest absolute Gasteiger partial charge is 0.381 e. The summed E-state index contributed by atoms with van der Waals surface area (Å²) in [5, 5.41) is 9.92. The molecule has 0 atom stereocenters. The van der Waals surface area contributed by atoms with Crippen LogP contribution in [-0.4, -0.2) is 37.2 Å². The number of hydrogen-bond acceptors (Lipinski definition) is 4. The minimum Gasteiger partial charge on any atom is -0.381 e. The lowest BCUT2D eigenvalue weighted by Crippen LogP contribution is -2.38. The van der Waals surface area contributed by atoms with E-state index in [2.05, 4.69) is 46.8 Å². The smallest absolute Gasteiger partial charge is 0.191 e. The predicted molar refractivity (Wildman–Crippen MR) is 113 cm³/mol. The fourth-order valence-electron chi connectivity index (χ4n) is 2.08. The molecule has 2 rings (SSSR count). The van der Waals surface area contributed by atoms with Crippen molar-refractivity contribution in [2.24, 2.45) is 10.9 Å². The van der Waals surface area contributed by atoms with Crippen LogP contribution in [0, 0.1) is 5.92 Å². The maximum atomic E-state index is 5.64. The van der Waals surface area contributed by atoms with Gasteiger partial charge in [-0.15, -0.1) is 35.3 Å². The molecule has 1 heterocycles. The molecule has 1 aliphatic carbocycles. The Bertz CT molecular complexity index is 489. The van der Waals surface area contributed by atoms with Gasteiger partial charge in [0.1, 0.15) is 0 Å². The van der Waals surface area contributed by atoms with Gasteiger partial charge in [0, 0.05) is 37.6 Å². The van der Waals surface area contributed by atoms with Crippen LogP contribution in [0.25, 0.3) is 0 Å². The molecule has 0 spiro atoms. The van der Waals surface area contributed by atoms with Crippen LogP contribution in [0.2, 0.25) is 0 Å². The zero-order valence-corrected chi connectivity index (χ0v) is 18.2. The number of hydrogen-bond donors (Lipinski definition) is 2. The van der Waals surface area contributed by atoms with E-state index in [4.69, 9.17) is 4.74 Å². The number of nitrogens with one attached hydrogen (secondary N) is 2. The Hall–Kier alpha value is -0.410. The van der Waals surface area contributed by atoms with Crippen molar-refractivity contribution in [3.63, 3.8) is 0 Å². The number of thiazole rings is 1. The number of nitrogens with zero attached hydrogens (tertiary/aromatic N) is 2. The molecule has 1 fully saturated rings. The van der Waals surface area contributed by atoms with Gasteiger partial charge in [-0.25, -0.2) is 9.98 Å². The van der Waals surface area contributed by atoms with Gasteiger partial charge < -0.3 is 15.4 Å². The number of rotatable bonds is 10. The van der Waals surface area contributed by atoms with Gasteiger partial charge in [0.25, 0.3) is 0 Å². The summed E-state index contributed by atoms with van der Waals surface area (Å²) in [6, 6.07) is 0. The molecule has 1 aliphatic rings. The maximum Gasteiger partial charge on any atom is 0.191 e. The van der Waals surface area contributed by atoms with Crippen molar-refractivity contribution in [3.05, 3.63) is 16.1 Å². The number of halogens is 1. The molecule has 0 aliphatic heterocycles. The standard InChI is InChI=1S/C17H30N4OS.HI/c1-4-18-17(19-8-5-9-22-11-14-6-7-14)20-10-15-12-23-16(21-15)13(2)3;/h12-14H,4-11H2,1-3H3,(H2,18,19,20);1H. The molecule has 0 aromatic carbocycles. The molecule has 7 heteroatoms. The summed E-state index contributed by atoms with van der Waals surface area (Å²) in [6.45, 7) is 10.5. The van der Waals surface area contributed by atoms with E-state index in [0.29, 0.717) is 12.5 Å². The lowest BCUT2D eigenvalue weighted by atomic mass is 10.2. The highest BCUT2D eigenvalue weighted by Gasteiger charge is 2.20. The fraction of sp³-hybridized carbons (Fsp3) is 0.765. The summed E-state index contributed by atoms with van der Waals surface area (Å²) in [6.07, 6.45) is 3.71. The normalized spacial score (nSPS) is 14.6. The van der Waals surface area contributed by atoms with E-state index in [0.717, 1.165) is 50.3 Å². The molecule has 0 saturated heterocycles. The van der Waals surface area contributed by atoms with Crippen LogP contribution in [0.15, 0.2) is 10.4 Å². The lowest BCUT2D eigenvalue weighted by molar-refractivity contribution is 0.123. The highest BCUT2D eigenvalue weighted by atomic mass is 127. The van der Waals surface area contributed by atoms with E-state index in [1.54, 1.807) is 11.3 Å². The van der Waals surface area contributed by atoms with Gasteiger partial charge in [0.15, 0.2) is 5.96 Å². The Labute approximate surface area is 167 Å². The van der Waals surface area contributed by atoms with E-state index < -0.39 is 0 Å². The minimum atomic E-state index is 0. The molecule has 2 N–H and O–H groups in total. The summed E-state index contributed by atoms with van der Waals surface area (Å²) in [4.78, 5) is 9.23. The Morgan fingerprint density at radius 2 is 2.21 bits per heavy atom. The Kier molecular flexibility index (Phi) is 10.8. The van der Waals surface area contributed by atoms with E-state index in [-0.39, 0.29) is 24.0 Å². The van der Waals surface area contributed by atoms with Crippen LogP contribution in [0.5, 0.6) is 0 Å². The molecule has 5 nitrogen and oxygen atoms in total. The van der Waals surface area contributed by atoms with Gasteiger partial charge in [-0.1, -0.05) is 13.8 Å². The summed E-state index contributed by atoms with van der Waals surface area (Å²) < 4.78 is 5.64. The van der Waals surface area contributed by atoms with Crippen LogP contribution in [0.3, 0.4) is 0 Å². The maximum absolute atomic E-state index is 5.64. The molecule has 1 aromatic heterocycles. The average Bonchev–Trinajstić information content (AvgIpc) is 3.22. The Morgan fingerprint density at radius 3 is 2.83 bits per heavy atom. The Morgan fingerprint density at radius 1 is 1.42 bits per heavy atom. The van der Waals surface area contributed by atoms with Crippen LogP contribution in [0.4, 0.5) is 0 Å². The molecule has 24 heavy (non-hydrogen) atoms. The number of guanidine groups is 1. The van der Waals surface area contributed by atoms with Crippen molar-refractivity contribution in [1.29, 1.82) is 0 Å². The minimum absolute atomic E-state index is 0. The second kappa shape index (κ2) is 12.0. The van der Waals surface area contributed by atoms with Crippen molar-refractivity contribution in [2.45, 2.75) is 52.5 Å². The van der Waals surface area contributed by atoms with E-state index in [1.807, 2.05) is 0 Å². The third-order valence-electron chi connectivity index (χ3n) is 3.62. The first-order valence-corrected chi connectivity index (χ1v) is 9.61. The molecular formula is C17H31IN4OS. The number of aromatic nitrogens is 1. The van der Waals surface area contributed by atoms with Gasteiger partial charge in [0.2, 0.25) is 0 Å². The van der Waals surface area contributed by atoms with Crippen LogP contribution in [0.1, 0.15) is 56.7 Å². The van der Waals surface area contributed by atoms with Gasteiger partial charge in [-0.05, 0) is 32.1 Å². The summed E-state index contributed by atoms with van der Waals surface area (Å²) in [5.74, 6) is 2.18. The molecule has 138 valence electrons. The van der Waals surface area contributed by atoms with Crippen LogP contribution >= 0.6 is 35.3 Å². The second-order valence-corrected chi connectivity index (χ2v) is 7.22. The zero-order chi connectivity index (χ0) is 16.5. The van der Waals surface area contributed by atoms with E-state index in [1.165, 1.54) is 17.8 Å². The summed E-state index contributed by atoms with van der Waals surface area (Å²) in [7, 11) is 0. The first kappa shape index (κ1) is 21.6. The molecule has 0 radical (unpaired) electrons. The van der Waals surface area contributed by atoms with Gasteiger partial charge in [-0.3, -0.25) is 0 Å². The van der Waals surface area contributed by atoms with Crippen molar-refractivity contribution >= 4 is 41.3 Å². The molecule has 0 amide bonds. The van der Waals surface area contributed by atoms with E-state index >= 15 is 0 Å². The monoisotopic (exact) mass is 466 g/mol. The Balaban J connectivity index is 0.00000288. The van der Waals surface area contributed by atoms with E-state index in [9.17, 15) is 0 Å². The SMILES string of the molecule is CCNC(=NCc1csc(C(C)C)n1)NCCCOCC1CC1.I. The molecule has 0 unspecified atom stereocenters. The lowest BCUT2D eigenvalue weighted by Gasteiger charge is -2.11.